The molecule has 1 N–H and O–H groups in total. The van der Waals surface area contributed by atoms with Crippen LogP contribution in [0.3, 0.4) is 0 Å². The van der Waals surface area contributed by atoms with Crippen LogP contribution in [0.5, 0.6) is 0 Å². The summed E-state index contributed by atoms with van der Waals surface area (Å²) < 4.78 is 0. The molecule has 9 heavy (non-hydrogen) atoms. The van der Waals surface area contributed by atoms with E-state index in [9.17, 15) is 0 Å². The summed E-state index contributed by atoms with van der Waals surface area (Å²) in [6, 6.07) is 0. The van der Waals surface area contributed by atoms with E-state index in [4.69, 9.17) is 5.11 Å². The minimum absolute atomic E-state index is 0.224. The van der Waals surface area contributed by atoms with Crippen LogP contribution in [0, 0.1) is 5.41 Å². The van der Waals surface area contributed by atoms with Crippen LogP contribution in [0.4, 0.5) is 0 Å². The van der Waals surface area contributed by atoms with Gasteiger partial charge in [0.2, 0.25) is 0 Å². The van der Waals surface area contributed by atoms with Gasteiger partial charge in [0, 0.05) is 5.75 Å². The molecule has 56 valence electrons. The second kappa shape index (κ2) is 3.47. The summed E-state index contributed by atoms with van der Waals surface area (Å²) in [7, 11) is 0. The first-order valence-electron chi connectivity index (χ1n) is 3.24. The van der Waals surface area contributed by atoms with Gasteiger partial charge in [-0.15, -0.1) is 0 Å². The average molecular weight is 148 g/mol. The molecule has 0 saturated carbocycles. The topological polar surface area (TPSA) is 20.2 Å². The van der Waals surface area contributed by atoms with Crippen molar-refractivity contribution >= 4 is 12.6 Å². The second-order valence-corrected chi connectivity index (χ2v) is 3.97. The lowest BCUT2D eigenvalue weighted by Gasteiger charge is -2.20. The average Bonchev–Trinajstić information content (AvgIpc) is 1.62. The van der Waals surface area contributed by atoms with Crippen molar-refractivity contribution in [1.29, 1.82) is 0 Å². The summed E-state index contributed by atoms with van der Waals surface area (Å²) in [5.41, 5.74) is 0.224. The summed E-state index contributed by atoms with van der Waals surface area (Å²) >= 11 is 3.98. The SMILES string of the molecule is CC(C)(C)CC(O)CS. The van der Waals surface area contributed by atoms with Crippen LogP contribution in [0.1, 0.15) is 27.2 Å². The van der Waals surface area contributed by atoms with Crippen LogP contribution < -0.4 is 0 Å². The monoisotopic (exact) mass is 148 g/mol. The van der Waals surface area contributed by atoms with Crippen molar-refractivity contribution in [3.05, 3.63) is 0 Å². The van der Waals surface area contributed by atoms with Crippen LogP contribution in [0.25, 0.3) is 0 Å². The van der Waals surface area contributed by atoms with Gasteiger partial charge in [-0.05, 0) is 11.8 Å². The van der Waals surface area contributed by atoms with Gasteiger partial charge < -0.3 is 5.11 Å². The van der Waals surface area contributed by atoms with Gasteiger partial charge in [0.25, 0.3) is 0 Å². The highest BCUT2D eigenvalue weighted by atomic mass is 32.1. The zero-order valence-electron chi connectivity index (χ0n) is 6.39. The fourth-order valence-electron chi connectivity index (χ4n) is 0.771. The molecule has 1 unspecified atom stereocenters. The highest BCUT2D eigenvalue weighted by Crippen LogP contribution is 2.20. The molecular weight excluding hydrogens is 132 g/mol. The minimum Gasteiger partial charge on any atom is -0.392 e. The predicted molar refractivity (Wildman–Crippen MR) is 43.9 cm³/mol. The van der Waals surface area contributed by atoms with Gasteiger partial charge in [0.15, 0.2) is 0 Å². The third-order valence-corrected chi connectivity index (χ3v) is 1.48. The maximum atomic E-state index is 9.12. The Labute approximate surface area is 62.9 Å². The standard InChI is InChI=1S/C7H16OS/c1-7(2,3)4-6(8)5-9/h6,8-9H,4-5H2,1-3H3. The fourth-order valence-corrected chi connectivity index (χ4v) is 0.901. The molecule has 0 aliphatic heterocycles. The number of aliphatic hydroxyl groups is 1. The number of hydrogen-bond donors (Lipinski definition) is 2. The molecule has 1 nitrogen and oxygen atoms in total. The van der Waals surface area contributed by atoms with E-state index in [0.717, 1.165) is 6.42 Å². The summed E-state index contributed by atoms with van der Waals surface area (Å²) in [5, 5.41) is 9.12. The molecule has 0 aliphatic rings. The first kappa shape index (κ1) is 9.31. The molecule has 0 aliphatic carbocycles. The van der Waals surface area contributed by atoms with Gasteiger partial charge in [-0.3, -0.25) is 0 Å². The van der Waals surface area contributed by atoms with Gasteiger partial charge in [0.05, 0.1) is 6.10 Å². The van der Waals surface area contributed by atoms with Crippen molar-refractivity contribution in [1.82, 2.24) is 0 Å². The number of hydrogen-bond acceptors (Lipinski definition) is 2. The normalized spacial score (nSPS) is 15.7. The highest BCUT2D eigenvalue weighted by Gasteiger charge is 2.14. The molecular formula is C7H16OS. The predicted octanol–water partition coefficient (Wildman–Crippen LogP) is 1.71. The highest BCUT2D eigenvalue weighted by molar-refractivity contribution is 7.80. The van der Waals surface area contributed by atoms with Crippen LogP contribution >= 0.6 is 12.6 Å². The molecule has 0 aromatic rings. The molecule has 0 spiro atoms. The van der Waals surface area contributed by atoms with Gasteiger partial charge >= 0.3 is 0 Å². The van der Waals surface area contributed by atoms with Crippen LogP contribution in [0.2, 0.25) is 0 Å². The Bertz CT molecular complexity index is 75.5. The van der Waals surface area contributed by atoms with E-state index in [1.807, 2.05) is 0 Å². The Kier molecular flexibility index (Phi) is 3.59. The lowest BCUT2D eigenvalue weighted by atomic mass is 9.90. The summed E-state index contributed by atoms with van der Waals surface area (Å²) in [5.74, 6) is 0.567. The van der Waals surface area contributed by atoms with Gasteiger partial charge in [0.1, 0.15) is 0 Å². The van der Waals surface area contributed by atoms with Gasteiger partial charge in [-0.1, -0.05) is 20.8 Å². The van der Waals surface area contributed by atoms with E-state index >= 15 is 0 Å². The quantitative estimate of drug-likeness (QED) is 0.571. The second-order valence-electron chi connectivity index (χ2n) is 3.60. The molecule has 0 radical (unpaired) electrons. The van der Waals surface area contributed by atoms with Crippen molar-refractivity contribution in [2.24, 2.45) is 5.41 Å². The van der Waals surface area contributed by atoms with E-state index in [1.165, 1.54) is 0 Å². The molecule has 0 heterocycles. The molecule has 0 amide bonds. The molecule has 0 aromatic heterocycles. The third-order valence-electron chi connectivity index (χ3n) is 1.06. The van der Waals surface area contributed by atoms with Crippen LogP contribution in [-0.2, 0) is 0 Å². The first-order valence-corrected chi connectivity index (χ1v) is 3.88. The van der Waals surface area contributed by atoms with E-state index in [1.54, 1.807) is 0 Å². The maximum absolute atomic E-state index is 9.12. The Balaban J connectivity index is 3.47. The number of aliphatic hydroxyl groups excluding tert-OH is 1. The lowest BCUT2D eigenvalue weighted by Crippen LogP contribution is -2.18. The van der Waals surface area contributed by atoms with Crippen molar-refractivity contribution in [2.75, 3.05) is 5.75 Å². The van der Waals surface area contributed by atoms with E-state index in [-0.39, 0.29) is 11.5 Å². The zero-order valence-corrected chi connectivity index (χ0v) is 7.28. The zero-order chi connectivity index (χ0) is 7.49. The Morgan fingerprint density at radius 1 is 1.44 bits per heavy atom. The Morgan fingerprint density at radius 2 is 1.89 bits per heavy atom. The summed E-state index contributed by atoms with van der Waals surface area (Å²) in [6.45, 7) is 6.33. The van der Waals surface area contributed by atoms with Gasteiger partial charge in [-0.2, -0.15) is 12.6 Å². The van der Waals surface area contributed by atoms with Crippen molar-refractivity contribution in [3.8, 4) is 0 Å². The van der Waals surface area contributed by atoms with Gasteiger partial charge in [-0.25, -0.2) is 0 Å². The smallest absolute Gasteiger partial charge is 0.0633 e. The molecule has 0 saturated heterocycles. The van der Waals surface area contributed by atoms with E-state index < -0.39 is 0 Å². The molecule has 2 heteroatoms. The lowest BCUT2D eigenvalue weighted by molar-refractivity contribution is 0.142. The summed E-state index contributed by atoms with van der Waals surface area (Å²) in [6.07, 6.45) is 0.588. The first-order chi connectivity index (χ1) is 3.95. The Hall–Kier alpha value is 0.310. The van der Waals surface area contributed by atoms with Crippen molar-refractivity contribution in [3.63, 3.8) is 0 Å². The van der Waals surface area contributed by atoms with Crippen LogP contribution in [-0.4, -0.2) is 17.0 Å². The van der Waals surface area contributed by atoms with Crippen LogP contribution in [0.15, 0.2) is 0 Å². The fraction of sp³-hybridized carbons (Fsp3) is 1.00. The van der Waals surface area contributed by atoms with Crippen molar-refractivity contribution in [2.45, 2.75) is 33.3 Å². The third kappa shape index (κ3) is 6.19. The molecule has 1 atom stereocenters. The Morgan fingerprint density at radius 3 is 2.00 bits per heavy atom. The number of thiol groups is 1. The molecule has 0 fully saturated rings. The molecule has 0 rings (SSSR count). The molecule has 0 bridgehead atoms. The minimum atomic E-state index is -0.242. The summed E-state index contributed by atoms with van der Waals surface area (Å²) in [4.78, 5) is 0. The molecule has 0 aromatic carbocycles. The number of rotatable bonds is 2. The van der Waals surface area contributed by atoms with Crippen molar-refractivity contribution < 1.29 is 5.11 Å². The van der Waals surface area contributed by atoms with E-state index in [2.05, 4.69) is 33.4 Å². The largest absolute Gasteiger partial charge is 0.392 e. The maximum Gasteiger partial charge on any atom is 0.0633 e. The van der Waals surface area contributed by atoms with E-state index in [0.29, 0.717) is 5.75 Å².